The molecule has 1 amide bonds. The van der Waals surface area contributed by atoms with Gasteiger partial charge in [0.1, 0.15) is 17.7 Å². The quantitative estimate of drug-likeness (QED) is 0.728. The van der Waals surface area contributed by atoms with Crippen LogP contribution in [0, 0.1) is 40.7 Å². The molecule has 2 bridgehead atoms. The van der Waals surface area contributed by atoms with Crippen LogP contribution < -0.4 is 4.74 Å². The Balaban J connectivity index is 1.23. The predicted octanol–water partition coefficient (Wildman–Crippen LogP) is 4.05. The number of halogens is 2. The molecule has 0 N–H and O–H groups in total. The molecule has 3 aliphatic carbocycles. The largest absolute Gasteiger partial charge is 0.477 e. The van der Waals surface area contributed by atoms with Crippen LogP contribution in [0.4, 0.5) is 8.78 Å². The summed E-state index contributed by atoms with van der Waals surface area (Å²) < 4.78 is 34.3. The Hall–Kier alpha value is -3.34. The van der Waals surface area contributed by atoms with E-state index >= 15 is 0 Å². The van der Waals surface area contributed by atoms with E-state index in [4.69, 9.17) is 10.00 Å². The molecule has 158 valence electrons. The number of carbonyl (C=O) groups is 1. The molecule has 3 saturated carbocycles. The van der Waals surface area contributed by atoms with E-state index in [-0.39, 0.29) is 22.4 Å². The lowest BCUT2D eigenvalue weighted by Gasteiger charge is -2.69. The predicted molar refractivity (Wildman–Crippen MR) is 107 cm³/mol. The van der Waals surface area contributed by atoms with Crippen LogP contribution in [0.25, 0.3) is 0 Å². The van der Waals surface area contributed by atoms with Gasteiger partial charge in [-0.3, -0.25) is 4.79 Å². The smallest absolute Gasteiger partial charge is 0.249 e. The Bertz CT molecular complexity index is 1120. The summed E-state index contributed by atoms with van der Waals surface area (Å²) in [5.74, 6) is -0.700. The van der Waals surface area contributed by atoms with Crippen molar-refractivity contribution in [2.24, 2.45) is 15.9 Å². The van der Waals surface area contributed by atoms with E-state index in [1.807, 2.05) is 6.07 Å². The maximum atomic E-state index is 14.5. The molecule has 1 atom stereocenters. The Morgan fingerprint density at radius 1 is 1.29 bits per heavy atom. The van der Waals surface area contributed by atoms with E-state index in [0.717, 1.165) is 6.07 Å². The van der Waals surface area contributed by atoms with E-state index in [2.05, 4.69) is 10.1 Å². The first-order valence-electron chi connectivity index (χ1n) is 10.2. The van der Waals surface area contributed by atoms with Gasteiger partial charge in [-0.05, 0) is 49.9 Å². The SMILES string of the molecule is Cc1cc(F)c(C2CC=NN2C(=O)C23CC(COc4ccc(C#N)cn4)(C2)C3)cc1F. The van der Waals surface area contributed by atoms with Crippen molar-refractivity contribution < 1.29 is 18.3 Å². The van der Waals surface area contributed by atoms with Crippen LogP contribution >= 0.6 is 0 Å². The maximum absolute atomic E-state index is 14.5. The van der Waals surface area contributed by atoms with Gasteiger partial charge in [0.05, 0.1) is 23.6 Å². The van der Waals surface area contributed by atoms with Gasteiger partial charge in [0.25, 0.3) is 0 Å². The number of nitrogens with zero attached hydrogens (tertiary/aromatic N) is 4. The Morgan fingerprint density at radius 3 is 2.74 bits per heavy atom. The number of benzene rings is 1. The zero-order valence-corrected chi connectivity index (χ0v) is 16.9. The fourth-order valence-electron chi connectivity index (χ4n) is 5.16. The van der Waals surface area contributed by atoms with Crippen molar-refractivity contribution in [2.45, 2.75) is 38.6 Å². The number of ether oxygens (including phenoxy) is 1. The molecule has 1 unspecified atom stereocenters. The van der Waals surface area contributed by atoms with Crippen LogP contribution in [0.3, 0.4) is 0 Å². The minimum absolute atomic E-state index is 0.0641. The van der Waals surface area contributed by atoms with Crippen LogP contribution in [0.15, 0.2) is 35.6 Å². The summed E-state index contributed by atoms with van der Waals surface area (Å²) in [5, 5.41) is 14.4. The van der Waals surface area contributed by atoms with Gasteiger partial charge in [-0.25, -0.2) is 18.8 Å². The van der Waals surface area contributed by atoms with E-state index in [9.17, 15) is 13.6 Å². The zero-order valence-electron chi connectivity index (χ0n) is 16.9. The van der Waals surface area contributed by atoms with Crippen molar-refractivity contribution in [2.75, 3.05) is 6.61 Å². The summed E-state index contributed by atoms with van der Waals surface area (Å²) in [6, 6.07) is 7.03. The molecule has 1 aliphatic heterocycles. The van der Waals surface area contributed by atoms with Crippen LogP contribution in [0.2, 0.25) is 0 Å². The Kier molecular flexibility index (Phi) is 4.33. The second-order valence-electron chi connectivity index (χ2n) is 8.92. The van der Waals surface area contributed by atoms with E-state index in [0.29, 0.717) is 43.7 Å². The Morgan fingerprint density at radius 2 is 2.06 bits per heavy atom. The first kappa shape index (κ1) is 19.6. The van der Waals surface area contributed by atoms with Gasteiger partial charge in [-0.1, -0.05) is 0 Å². The fraction of sp³-hybridized carbons (Fsp3) is 0.391. The summed E-state index contributed by atoms with van der Waals surface area (Å²) >= 11 is 0. The second-order valence-corrected chi connectivity index (χ2v) is 8.92. The van der Waals surface area contributed by atoms with Crippen molar-refractivity contribution >= 4 is 12.1 Å². The van der Waals surface area contributed by atoms with Crippen molar-refractivity contribution in [3.8, 4) is 11.9 Å². The third kappa shape index (κ3) is 3.07. The van der Waals surface area contributed by atoms with Gasteiger partial charge < -0.3 is 4.74 Å². The van der Waals surface area contributed by atoms with E-state index < -0.39 is 23.1 Å². The number of hydrogen-bond acceptors (Lipinski definition) is 5. The molecule has 2 heterocycles. The third-order valence-electron chi connectivity index (χ3n) is 6.66. The molecule has 2 aromatic rings. The Labute approximate surface area is 178 Å². The standard InChI is InChI=1S/C23H20F2N4O2/c1-14-6-18(25)16(7-17(14)24)19-4-5-28-29(19)21(30)23-10-22(11-23,12-23)13-31-20-3-2-15(8-26)9-27-20/h2-3,5-7,9,19H,4,10-13H2,1H3. The normalized spacial score (nSPS) is 27.9. The van der Waals surface area contributed by atoms with Gasteiger partial charge in [-0.15, -0.1) is 0 Å². The number of nitriles is 1. The monoisotopic (exact) mass is 422 g/mol. The molecule has 8 heteroatoms. The number of hydrazone groups is 1. The molecular formula is C23H20F2N4O2. The van der Waals surface area contributed by atoms with Gasteiger partial charge in [0, 0.05) is 35.9 Å². The maximum Gasteiger partial charge on any atom is 0.249 e. The average Bonchev–Trinajstić information content (AvgIpc) is 3.18. The number of hydrogen-bond donors (Lipinski definition) is 0. The molecule has 6 rings (SSSR count). The lowest BCUT2D eigenvalue weighted by Crippen LogP contribution is -2.69. The molecule has 0 saturated heterocycles. The number of carbonyl (C=O) groups excluding carboxylic acids is 1. The highest BCUT2D eigenvalue weighted by Crippen LogP contribution is 2.74. The third-order valence-corrected chi connectivity index (χ3v) is 6.66. The molecule has 0 radical (unpaired) electrons. The first-order chi connectivity index (χ1) is 14.8. The zero-order chi connectivity index (χ0) is 21.8. The summed E-state index contributed by atoms with van der Waals surface area (Å²) in [7, 11) is 0. The number of aryl methyl sites for hydroxylation is 1. The van der Waals surface area contributed by atoms with Crippen LogP contribution in [0.1, 0.15) is 48.4 Å². The molecule has 1 aromatic heterocycles. The number of rotatable bonds is 5. The topological polar surface area (TPSA) is 78.6 Å². The van der Waals surface area contributed by atoms with Crippen LogP contribution in [0.5, 0.6) is 5.88 Å². The molecular weight excluding hydrogens is 402 g/mol. The van der Waals surface area contributed by atoms with Gasteiger partial charge in [-0.2, -0.15) is 10.4 Å². The summed E-state index contributed by atoms with van der Waals surface area (Å²) in [5.41, 5.74) is 0.293. The molecule has 6 nitrogen and oxygen atoms in total. The van der Waals surface area contributed by atoms with E-state index in [1.165, 1.54) is 24.2 Å². The highest BCUT2D eigenvalue weighted by Gasteiger charge is 2.73. The summed E-state index contributed by atoms with van der Waals surface area (Å²) in [6.45, 7) is 1.96. The van der Waals surface area contributed by atoms with Crippen molar-refractivity contribution in [3.63, 3.8) is 0 Å². The van der Waals surface area contributed by atoms with Gasteiger partial charge >= 0.3 is 0 Å². The van der Waals surface area contributed by atoms with E-state index in [1.54, 1.807) is 18.3 Å². The second kappa shape index (κ2) is 6.84. The number of amides is 1. The van der Waals surface area contributed by atoms with Crippen molar-refractivity contribution in [1.29, 1.82) is 5.26 Å². The van der Waals surface area contributed by atoms with Gasteiger partial charge in [0.2, 0.25) is 11.8 Å². The molecule has 1 aromatic carbocycles. The average molecular weight is 422 g/mol. The molecule has 4 aliphatic rings. The summed E-state index contributed by atoms with van der Waals surface area (Å²) in [4.78, 5) is 17.3. The minimum Gasteiger partial charge on any atom is -0.477 e. The minimum atomic E-state index is -0.619. The lowest BCUT2D eigenvalue weighted by molar-refractivity contribution is -0.227. The van der Waals surface area contributed by atoms with Crippen LogP contribution in [-0.2, 0) is 4.79 Å². The number of pyridine rings is 1. The van der Waals surface area contributed by atoms with Crippen LogP contribution in [-0.4, -0.2) is 28.7 Å². The lowest BCUT2D eigenvalue weighted by atomic mass is 9.35. The molecule has 0 spiro atoms. The molecule has 3 fully saturated rings. The highest BCUT2D eigenvalue weighted by atomic mass is 19.1. The highest BCUT2D eigenvalue weighted by molar-refractivity contribution is 5.88. The van der Waals surface area contributed by atoms with Gasteiger partial charge in [0.15, 0.2) is 0 Å². The van der Waals surface area contributed by atoms with Crippen molar-refractivity contribution in [1.82, 2.24) is 9.99 Å². The number of aromatic nitrogens is 1. The first-order valence-corrected chi connectivity index (χ1v) is 10.2. The molecule has 31 heavy (non-hydrogen) atoms. The summed E-state index contributed by atoms with van der Waals surface area (Å²) in [6.07, 6.45) is 5.44. The van der Waals surface area contributed by atoms with Crippen molar-refractivity contribution in [3.05, 3.63) is 58.8 Å². The fourth-order valence-corrected chi connectivity index (χ4v) is 5.16.